The molecule has 0 saturated carbocycles. The van der Waals surface area contributed by atoms with E-state index in [1.807, 2.05) is 0 Å². The lowest BCUT2D eigenvalue weighted by atomic mass is 10.2. The molecule has 1 nitrogen and oxygen atoms in total. The molecule has 0 unspecified atom stereocenters. The van der Waals surface area contributed by atoms with E-state index in [4.69, 9.17) is 0 Å². The molecule has 0 aliphatic carbocycles. The molecule has 1 heterocycles. The van der Waals surface area contributed by atoms with Gasteiger partial charge in [0.2, 0.25) is 0 Å². The van der Waals surface area contributed by atoms with Gasteiger partial charge >= 0.3 is 6.18 Å². The third kappa shape index (κ3) is 2.17. The van der Waals surface area contributed by atoms with Gasteiger partial charge in [-0.1, -0.05) is 12.1 Å². The normalized spacial score (nSPS) is 19.9. The van der Waals surface area contributed by atoms with Crippen molar-refractivity contribution in [3.63, 3.8) is 0 Å². The van der Waals surface area contributed by atoms with E-state index >= 15 is 0 Å². The summed E-state index contributed by atoms with van der Waals surface area (Å²) < 4.78 is 49.8. The molecule has 0 amide bonds. The molecule has 0 radical (unpaired) electrons. The molecule has 1 aromatic rings. The summed E-state index contributed by atoms with van der Waals surface area (Å²) >= 11 is 0. The van der Waals surface area contributed by atoms with Gasteiger partial charge < -0.3 is 4.57 Å². The number of hydrogen-bond donors (Lipinski definition) is 0. The van der Waals surface area contributed by atoms with Crippen LogP contribution < -0.4 is 5.30 Å². The molecule has 88 valence electrons. The van der Waals surface area contributed by atoms with E-state index in [0.717, 1.165) is 25.0 Å². The van der Waals surface area contributed by atoms with Crippen molar-refractivity contribution < 1.29 is 17.7 Å². The van der Waals surface area contributed by atoms with Gasteiger partial charge in [0.25, 0.3) is 0 Å². The largest absolute Gasteiger partial charge is 0.416 e. The molecule has 1 aliphatic heterocycles. The van der Waals surface area contributed by atoms with Crippen molar-refractivity contribution in [3.8, 4) is 0 Å². The molecule has 0 bridgehead atoms. The maximum atomic E-state index is 12.5. The van der Waals surface area contributed by atoms with Crippen LogP contribution in [-0.4, -0.2) is 12.3 Å². The third-order valence-corrected chi connectivity index (χ3v) is 6.23. The number of rotatable bonds is 1. The Morgan fingerprint density at radius 2 is 1.75 bits per heavy atom. The average molecular weight is 248 g/mol. The molecule has 0 atom stereocenters. The van der Waals surface area contributed by atoms with Gasteiger partial charge in [0.1, 0.15) is 7.14 Å². The Morgan fingerprint density at radius 3 is 2.31 bits per heavy atom. The van der Waals surface area contributed by atoms with Crippen LogP contribution in [0.5, 0.6) is 0 Å². The predicted octanol–water partition coefficient (Wildman–Crippen LogP) is 3.49. The molecular weight excluding hydrogens is 236 g/mol. The summed E-state index contributed by atoms with van der Waals surface area (Å²) in [6.07, 6.45) is -1.54. The highest BCUT2D eigenvalue weighted by Gasteiger charge is 2.34. The molecule has 0 N–H and O–H groups in total. The summed E-state index contributed by atoms with van der Waals surface area (Å²) in [4.78, 5) is 0. The number of hydrogen-bond acceptors (Lipinski definition) is 1. The first-order valence-corrected chi connectivity index (χ1v) is 7.25. The van der Waals surface area contributed by atoms with Crippen LogP contribution in [0.3, 0.4) is 0 Å². The highest BCUT2D eigenvalue weighted by Crippen LogP contribution is 2.51. The van der Waals surface area contributed by atoms with Crippen molar-refractivity contribution in [1.82, 2.24) is 0 Å². The minimum atomic E-state index is -4.35. The molecule has 1 fully saturated rings. The Labute approximate surface area is 92.0 Å². The van der Waals surface area contributed by atoms with Crippen LogP contribution in [-0.2, 0) is 10.7 Å². The summed E-state index contributed by atoms with van der Waals surface area (Å²) in [5, 5.41) is 0.389. The van der Waals surface area contributed by atoms with E-state index < -0.39 is 18.9 Å². The molecule has 1 aliphatic rings. The summed E-state index contributed by atoms with van der Waals surface area (Å²) in [6.45, 7) is 0. The second-order valence-electron chi connectivity index (χ2n) is 4.09. The minimum Gasteiger partial charge on any atom is -0.319 e. The molecule has 16 heavy (non-hydrogen) atoms. The Hall–Kier alpha value is -0.760. The van der Waals surface area contributed by atoms with Crippen LogP contribution in [0.4, 0.5) is 13.2 Å². The van der Waals surface area contributed by atoms with Crippen molar-refractivity contribution in [2.24, 2.45) is 0 Å². The Morgan fingerprint density at radius 1 is 1.12 bits per heavy atom. The molecule has 1 aromatic carbocycles. The first-order valence-electron chi connectivity index (χ1n) is 5.18. The molecule has 2 rings (SSSR count). The van der Waals surface area contributed by atoms with E-state index in [1.165, 1.54) is 6.07 Å². The van der Waals surface area contributed by atoms with Gasteiger partial charge in [0, 0.05) is 17.6 Å². The van der Waals surface area contributed by atoms with E-state index in [-0.39, 0.29) is 0 Å². The zero-order valence-corrected chi connectivity index (χ0v) is 9.52. The van der Waals surface area contributed by atoms with E-state index in [9.17, 15) is 17.7 Å². The molecule has 0 aromatic heterocycles. The maximum absolute atomic E-state index is 12.5. The number of halogens is 3. The van der Waals surface area contributed by atoms with E-state index in [0.29, 0.717) is 17.6 Å². The fraction of sp³-hybridized carbons (Fsp3) is 0.455. The first-order chi connectivity index (χ1) is 7.42. The molecule has 0 spiro atoms. The number of benzene rings is 1. The lowest BCUT2D eigenvalue weighted by molar-refractivity contribution is -0.137. The quantitative estimate of drug-likeness (QED) is 0.695. The van der Waals surface area contributed by atoms with E-state index in [2.05, 4.69) is 0 Å². The Kier molecular flexibility index (Phi) is 2.87. The fourth-order valence-electron chi connectivity index (χ4n) is 2.04. The summed E-state index contributed by atoms with van der Waals surface area (Å²) in [6, 6.07) is 4.97. The van der Waals surface area contributed by atoms with Gasteiger partial charge in [-0.3, -0.25) is 0 Å². The monoisotopic (exact) mass is 248 g/mol. The van der Waals surface area contributed by atoms with Crippen molar-refractivity contribution in [2.45, 2.75) is 19.0 Å². The molecular formula is C11H12F3OP. The van der Waals surface area contributed by atoms with Gasteiger partial charge in [-0.25, -0.2) is 0 Å². The SMILES string of the molecule is O=P1(c2cccc(C(F)(F)F)c2)CCCC1. The van der Waals surface area contributed by atoms with Crippen molar-refractivity contribution in [2.75, 3.05) is 12.3 Å². The predicted molar refractivity (Wildman–Crippen MR) is 57.7 cm³/mol. The van der Waals surface area contributed by atoms with Gasteiger partial charge in [-0.2, -0.15) is 13.2 Å². The van der Waals surface area contributed by atoms with Crippen molar-refractivity contribution in [1.29, 1.82) is 0 Å². The zero-order chi connectivity index (χ0) is 11.8. The Bertz CT molecular complexity index is 429. The third-order valence-electron chi connectivity index (χ3n) is 2.93. The summed E-state index contributed by atoms with van der Waals surface area (Å²) in [5.41, 5.74) is -0.702. The highest BCUT2D eigenvalue weighted by molar-refractivity contribution is 7.71. The van der Waals surface area contributed by atoms with Gasteiger partial charge in [-0.05, 0) is 25.0 Å². The topological polar surface area (TPSA) is 17.1 Å². The van der Waals surface area contributed by atoms with E-state index in [1.54, 1.807) is 6.07 Å². The second kappa shape index (κ2) is 3.92. The molecule has 5 heteroatoms. The van der Waals surface area contributed by atoms with Crippen molar-refractivity contribution >= 4 is 12.4 Å². The lowest BCUT2D eigenvalue weighted by Gasteiger charge is -2.13. The first kappa shape index (κ1) is 11.7. The van der Waals surface area contributed by atoms with Gasteiger partial charge in [0.05, 0.1) is 5.56 Å². The second-order valence-corrected chi connectivity index (χ2v) is 7.28. The minimum absolute atomic E-state index is 0.389. The summed E-state index contributed by atoms with van der Waals surface area (Å²) in [5.74, 6) is 0. The summed E-state index contributed by atoms with van der Waals surface area (Å²) in [7, 11) is -2.52. The average Bonchev–Trinajstić information content (AvgIpc) is 2.66. The van der Waals surface area contributed by atoms with Crippen LogP contribution in [0, 0.1) is 0 Å². The van der Waals surface area contributed by atoms with Crippen LogP contribution in [0.15, 0.2) is 24.3 Å². The molecule has 1 saturated heterocycles. The van der Waals surface area contributed by atoms with Crippen LogP contribution in [0.1, 0.15) is 18.4 Å². The van der Waals surface area contributed by atoms with Crippen LogP contribution >= 0.6 is 7.14 Å². The van der Waals surface area contributed by atoms with Crippen LogP contribution in [0.25, 0.3) is 0 Å². The number of alkyl halides is 3. The van der Waals surface area contributed by atoms with Crippen molar-refractivity contribution in [3.05, 3.63) is 29.8 Å². The standard InChI is InChI=1S/C11H12F3OP/c12-11(13,14)9-4-3-5-10(8-9)16(15)6-1-2-7-16/h3-5,8H,1-2,6-7H2. The van der Waals surface area contributed by atoms with Gasteiger partial charge in [-0.15, -0.1) is 0 Å². The Balaban J connectivity index is 2.40. The van der Waals surface area contributed by atoms with Crippen LogP contribution in [0.2, 0.25) is 0 Å². The maximum Gasteiger partial charge on any atom is 0.416 e. The fourth-order valence-corrected chi connectivity index (χ4v) is 4.98. The van der Waals surface area contributed by atoms with Gasteiger partial charge in [0.15, 0.2) is 0 Å². The zero-order valence-electron chi connectivity index (χ0n) is 8.63. The smallest absolute Gasteiger partial charge is 0.319 e. The lowest BCUT2D eigenvalue weighted by Crippen LogP contribution is -2.12. The highest BCUT2D eigenvalue weighted by atomic mass is 31.2.